The number of thioether (sulfide) groups is 1. The lowest BCUT2D eigenvalue weighted by molar-refractivity contribution is 0.0695. The first kappa shape index (κ1) is 13.9. The molecule has 0 atom stereocenters. The fourth-order valence-electron chi connectivity index (χ4n) is 1.49. The molecule has 0 saturated heterocycles. The first-order valence-electron chi connectivity index (χ1n) is 5.48. The molecule has 0 aliphatic heterocycles. The van der Waals surface area contributed by atoms with Gasteiger partial charge in [-0.05, 0) is 19.1 Å². The summed E-state index contributed by atoms with van der Waals surface area (Å²) < 4.78 is 0. The number of aromatic carboxylic acids is 1. The number of hydrogen-bond acceptors (Lipinski definition) is 5. The maximum absolute atomic E-state index is 10.3. The van der Waals surface area contributed by atoms with Gasteiger partial charge in [-0.15, -0.1) is 0 Å². The lowest BCUT2D eigenvalue weighted by Gasteiger charge is -1.93. The van der Waals surface area contributed by atoms with Gasteiger partial charge in [0, 0.05) is 18.4 Å². The van der Waals surface area contributed by atoms with E-state index in [1.807, 2.05) is 6.26 Å². The number of carboxylic acid groups (broad SMARTS) is 1. The van der Waals surface area contributed by atoms with E-state index in [1.165, 1.54) is 49.8 Å². The Labute approximate surface area is 105 Å². The van der Waals surface area contributed by atoms with E-state index in [1.54, 1.807) is 0 Å². The summed E-state index contributed by atoms with van der Waals surface area (Å²) in [6.07, 6.45) is 9.67. The van der Waals surface area contributed by atoms with Crippen LogP contribution in [0, 0.1) is 0 Å². The second-order valence-electron chi connectivity index (χ2n) is 3.81. The summed E-state index contributed by atoms with van der Waals surface area (Å²) in [5.41, 5.74) is 5.65. The Hall–Kier alpha value is -1.14. The lowest BCUT2D eigenvalue weighted by Crippen LogP contribution is -2.13. The van der Waals surface area contributed by atoms with Crippen LogP contribution < -0.4 is 5.73 Å². The van der Waals surface area contributed by atoms with Gasteiger partial charge >= 0.3 is 5.97 Å². The molecule has 0 radical (unpaired) electrons. The molecule has 3 N–H and O–H groups in total. The van der Waals surface area contributed by atoms with Gasteiger partial charge in [0.05, 0.1) is 5.56 Å². The predicted octanol–water partition coefficient (Wildman–Crippen LogP) is 1.78. The van der Waals surface area contributed by atoms with E-state index < -0.39 is 5.97 Å². The molecule has 1 aromatic heterocycles. The van der Waals surface area contributed by atoms with Gasteiger partial charge in [-0.1, -0.05) is 24.6 Å². The summed E-state index contributed by atoms with van der Waals surface area (Å²) in [6.45, 7) is 0. The Balaban J connectivity index is 0.000000202. The number of nitrogens with zero attached hydrogens (tertiary/aromatic N) is 2. The molecular formula is C11H17N3O2S. The summed E-state index contributed by atoms with van der Waals surface area (Å²) in [6, 6.07) is 0.546. The Morgan fingerprint density at radius 3 is 2.24 bits per heavy atom. The standard InChI is InChI=1S/C6H6N2O2S.C5H11N/c1-11-6-7-2-4(3-8-6)5(9)10;6-5-3-1-2-4-5/h2-3H,1H3,(H,9,10);5H,1-4,6H2. The molecule has 1 aromatic rings. The van der Waals surface area contributed by atoms with Crippen molar-refractivity contribution in [1.82, 2.24) is 9.97 Å². The minimum Gasteiger partial charge on any atom is -0.478 e. The number of aromatic nitrogens is 2. The predicted molar refractivity (Wildman–Crippen MR) is 67.2 cm³/mol. The molecule has 1 fully saturated rings. The monoisotopic (exact) mass is 255 g/mol. The van der Waals surface area contributed by atoms with Crippen LogP contribution in [0.2, 0.25) is 0 Å². The highest BCUT2D eigenvalue weighted by Crippen LogP contribution is 2.14. The first-order chi connectivity index (χ1) is 8.13. The van der Waals surface area contributed by atoms with Crippen molar-refractivity contribution < 1.29 is 9.90 Å². The largest absolute Gasteiger partial charge is 0.478 e. The molecule has 6 heteroatoms. The zero-order valence-electron chi connectivity index (χ0n) is 9.80. The maximum Gasteiger partial charge on any atom is 0.338 e. The Morgan fingerprint density at radius 2 is 1.94 bits per heavy atom. The van der Waals surface area contributed by atoms with Crippen LogP contribution in [0.4, 0.5) is 0 Å². The molecule has 0 bridgehead atoms. The van der Waals surface area contributed by atoms with Crippen molar-refractivity contribution in [1.29, 1.82) is 0 Å². The van der Waals surface area contributed by atoms with Crippen LogP contribution in [0.3, 0.4) is 0 Å². The second kappa shape index (κ2) is 7.24. The van der Waals surface area contributed by atoms with Gasteiger partial charge in [-0.3, -0.25) is 0 Å². The first-order valence-corrected chi connectivity index (χ1v) is 6.71. The third kappa shape index (κ3) is 5.14. The summed E-state index contributed by atoms with van der Waals surface area (Å²) in [5.74, 6) is -1.00. The molecule has 1 aliphatic carbocycles. The second-order valence-corrected chi connectivity index (χ2v) is 4.58. The van der Waals surface area contributed by atoms with Crippen molar-refractivity contribution in [2.75, 3.05) is 6.26 Å². The fourth-order valence-corrected chi connectivity index (χ4v) is 1.81. The van der Waals surface area contributed by atoms with Gasteiger partial charge in [0.2, 0.25) is 0 Å². The molecule has 0 unspecified atom stereocenters. The lowest BCUT2D eigenvalue weighted by atomic mass is 10.3. The highest BCUT2D eigenvalue weighted by atomic mass is 32.2. The van der Waals surface area contributed by atoms with Crippen LogP contribution in [0.25, 0.3) is 0 Å². The van der Waals surface area contributed by atoms with Crippen LogP contribution in [-0.2, 0) is 0 Å². The van der Waals surface area contributed by atoms with Crippen molar-refractivity contribution in [3.05, 3.63) is 18.0 Å². The van der Waals surface area contributed by atoms with Crippen molar-refractivity contribution in [2.45, 2.75) is 36.9 Å². The normalized spacial score (nSPS) is 15.2. The zero-order valence-corrected chi connectivity index (χ0v) is 10.6. The van der Waals surface area contributed by atoms with E-state index in [0.29, 0.717) is 11.2 Å². The van der Waals surface area contributed by atoms with Crippen LogP contribution in [-0.4, -0.2) is 33.3 Å². The number of carbonyl (C=O) groups is 1. The molecule has 2 rings (SSSR count). The van der Waals surface area contributed by atoms with Gasteiger partial charge in [0.25, 0.3) is 0 Å². The average Bonchev–Trinajstić information content (AvgIpc) is 2.81. The summed E-state index contributed by atoms with van der Waals surface area (Å²) in [4.78, 5) is 17.9. The zero-order chi connectivity index (χ0) is 12.7. The van der Waals surface area contributed by atoms with E-state index in [-0.39, 0.29) is 5.56 Å². The van der Waals surface area contributed by atoms with Crippen LogP contribution in [0.5, 0.6) is 0 Å². The van der Waals surface area contributed by atoms with Crippen molar-refractivity contribution >= 4 is 17.7 Å². The smallest absolute Gasteiger partial charge is 0.338 e. The van der Waals surface area contributed by atoms with Crippen molar-refractivity contribution in [3.63, 3.8) is 0 Å². The minimum atomic E-state index is -1.00. The SMILES string of the molecule is CSc1ncc(C(=O)O)cn1.NC1CCCC1. The number of rotatable bonds is 2. The highest BCUT2D eigenvalue weighted by molar-refractivity contribution is 7.98. The molecule has 0 spiro atoms. The Bertz CT molecular complexity index is 350. The maximum atomic E-state index is 10.3. The summed E-state index contributed by atoms with van der Waals surface area (Å²) >= 11 is 1.37. The Morgan fingerprint density at radius 1 is 1.41 bits per heavy atom. The molecule has 0 aromatic carbocycles. The van der Waals surface area contributed by atoms with Gasteiger partial charge in [-0.2, -0.15) is 0 Å². The highest BCUT2D eigenvalue weighted by Gasteiger charge is 2.07. The third-order valence-corrected chi connectivity index (χ3v) is 3.03. The quantitative estimate of drug-likeness (QED) is 0.618. The summed E-state index contributed by atoms with van der Waals surface area (Å²) in [7, 11) is 0. The topological polar surface area (TPSA) is 89.1 Å². The van der Waals surface area contributed by atoms with Crippen molar-refractivity contribution in [3.8, 4) is 0 Å². The number of carboxylic acids is 1. The van der Waals surface area contributed by atoms with E-state index in [4.69, 9.17) is 10.8 Å². The van der Waals surface area contributed by atoms with E-state index in [9.17, 15) is 4.79 Å². The van der Waals surface area contributed by atoms with Crippen molar-refractivity contribution in [2.24, 2.45) is 5.73 Å². The van der Waals surface area contributed by atoms with E-state index >= 15 is 0 Å². The average molecular weight is 255 g/mol. The van der Waals surface area contributed by atoms with Gasteiger partial charge < -0.3 is 10.8 Å². The minimum absolute atomic E-state index is 0.114. The van der Waals surface area contributed by atoms with E-state index in [0.717, 1.165) is 0 Å². The molecule has 94 valence electrons. The van der Waals surface area contributed by atoms with Gasteiger partial charge in [0.1, 0.15) is 0 Å². The molecule has 17 heavy (non-hydrogen) atoms. The van der Waals surface area contributed by atoms with E-state index in [2.05, 4.69) is 9.97 Å². The molecule has 5 nitrogen and oxygen atoms in total. The summed E-state index contributed by atoms with van der Waals surface area (Å²) in [5, 5.41) is 9.04. The Kier molecular flexibility index (Phi) is 5.93. The molecule has 1 saturated carbocycles. The number of hydrogen-bond donors (Lipinski definition) is 2. The molecule has 1 heterocycles. The molecule has 1 aliphatic rings. The third-order valence-electron chi connectivity index (χ3n) is 2.46. The van der Waals surface area contributed by atoms with Crippen LogP contribution in [0.1, 0.15) is 36.0 Å². The molecular weight excluding hydrogens is 238 g/mol. The van der Waals surface area contributed by atoms with Gasteiger partial charge in [0.15, 0.2) is 5.16 Å². The van der Waals surface area contributed by atoms with Gasteiger partial charge in [-0.25, -0.2) is 14.8 Å². The molecule has 0 amide bonds. The number of nitrogens with two attached hydrogens (primary N) is 1. The van der Waals surface area contributed by atoms with Crippen LogP contribution in [0.15, 0.2) is 17.6 Å². The van der Waals surface area contributed by atoms with Crippen LogP contribution >= 0.6 is 11.8 Å². The fraction of sp³-hybridized carbons (Fsp3) is 0.545.